The maximum Gasteiger partial charge on any atom is 0.137 e. The normalized spacial score (nSPS) is 14.6. The van der Waals surface area contributed by atoms with Crippen LogP contribution in [-0.2, 0) is 0 Å². The molecule has 3 aromatic carbocycles. The van der Waals surface area contributed by atoms with Crippen LogP contribution in [0.15, 0.2) is 146 Å². The molecule has 0 saturated heterocycles. The quantitative estimate of drug-likeness (QED) is 0.176. The van der Waals surface area contributed by atoms with Gasteiger partial charge in [-0.1, -0.05) is 105 Å². The molecule has 0 radical (unpaired) electrons. The van der Waals surface area contributed by atoms with Gasteiger partial charge in [-0.15, -0.1) is 11.3 Å². The fraction of sp³-hybridized carbons (Fsp3) is 0.0455. The summed E-state index contributed by atoms with van der Waals surface area (Å²) in [4.78, 5) is 0. The molecule has 0 fully saturated rings. The lowest BCUT2D eigenvalue weighted by atomic mass is 9.99. The Morgan fingerprint density at radius 2 is 1.63 bits per heavy atom. The predicted molar refractivity (Wildman–Crippen MR) is 215 cm³/mol. The van der Waals surface area contributed by atoms with Gasteiger partial charge in [0.25, 0.3) is 0 Å². The van der Waals surface area contributed by atoms with Gasteiger partial charge in [-0.3, -0.25) is 4.57 Å². The van der Waals surface area contributed by atoms with Crippen molar-refractivity contribution in [3.8, 4) is 28.1 Å². The number of allylic oxidation sites excluding steroid dienone is 6. The van der Waals surface area contributed by atoms with E-state index in [1.165, 1.54) is 10.8 Å². The van der Waals surface area contributed by atoms with Crippen molar-refractivity contribution >= 4 is 73.6 Å². The summed E-state index contributed by atoms with van der Waals surface area (Å²) in [6.45, 7) is 17.2. The summed E-state index contributed by atoms with van der Waals surface area (Å²) in [6.07, 6.45) is 15.1. The SMILES string of the molecule is C=C/C=C(\C=C)n1c2ccccc2c2ccc(-c3cc4c(N)c(NC5C=CC=CC5)n-4c4csc5ccccc5c(=C)cc-4c(=C)c3)cc21. The monoisotopic (exact) mass is 652 g/mol. The number of nitrogens with zero attached hydrogens (tertiary/aromatic N) is 2. The first-order chi connectivity index (χ1) is 24.0. The molecule has 0 saturated carbocycles. The minimum Gasteiger partial charge on any atom is -0.394 e. The maximum atomic E-state index is 6.95. The fourth-order valence-electron chi connectivity index (χ4n) is 7.01. The highest BCUT2D eigenvalue weighted by molar-refractivity contribution is 7.16. The highest BCUT2D eigenvalue weighted by Gasteiger charge is 2.25. The molecule has 4 aliphatic rings. The van der Waals surface area contributed by atoms with E-state index in [1.807, 2.05) is 12.2 Å². The van der Waals surface area contributed by atoms with Gasteiger partial charge in [-0.05, 0) is 81.9 Å². The average molecular weight is 653 g/mol. The number of fused-ring (bicyclic) bond motifs is 7. The van der Waals surface area contributed by atoms with Gasteiger partial charge in [-0.2, -0.15) is 0 Å². The van der Waals surface area contributed by atoms with Gasteiger partial charge in [0.2, 0.25) is 0 Å². The van der Waals surface area contributed by atoms with Gasteiger partial charge < -0.3 is 15.6 Å². The molecule has 0 amide bonds. The summed E-state index contributed by atoms with van der Waals surface area (Å²) < 4.78 is 5.66. The minimum atomic E-state index is 0.140. The summed E-state index contributed by atoms with van der Waals surface area (Å²) in [6, 6.07) is 30.2. The number of benzene rings is 3. The summed E-state index contributed by atoms with van der Waals surface area (Å²) in [5.74, 6) is 0.892. The molecule has 8 rings (SSSR count). The third-order valence-corrected chi connectivity index (χ3v) is 10.3. The Bertz CT molecular complexity index is 2660. The van der Waals surface area contributed by atoms with Crippen molar-refractivity contribution in [2.45, 2.75) is 12.5 Å². The van der Waals surface area contributed by atoms with Crippen molar-refractivity contribution < 1.29 is 0 Å². The van der Waals surface area contributed by atoms with Crippen LogP contribution in [0.2, 0.25) is 0 Å². The molecule has 3 N–H and O–H groups in total. The Kier molecular flexibility index (Phi) is 7.55. The summed E-state index contributed by atoms with van der Waals surface area (Å²) in [7, 11) is 0. The van der Waals surface area contributed by atoms with E-state index in [4.69, 9.17) is 5.73 Å². The fourth-order valence-corrected chi connectivity index (χ4v) is 7.96. The third-order valence-electron chi connectivity index (χ3n) is 9.40. The number of nitrogen functional groups attached to an aromatic ring is 1. The number of hydrogen-bond donors (Lipinski definition) is 2. The first-order valence-corrected chi connectivity index (χ1v) is 17.2. The van der Waals surface area contributed by atoms with Gasteiger partial charge in [0, 0.05) is 38.2 Å². The Labute approximate surface area is 289 Å². The van der Waals surface area contributed by atoms with E-state index in [0.29, 0.717) is 0 Å². The molecular weight excluding hydrogens is 617 g/mol. The first-order valence-electron chi connectivity index (χ1n) is 16.4. The molecule has 5 heteroatoms. The summed E-state index contributed by atoms with van der Waals surface area (Å²) in [5, 5.41) is 11.2. The average Bonchev–Trinajstić information content (AvgIpc) is 3.45. The van der Waals surface area contributed by atoms with Crippen molar-refractivity contribution in [3.05, 3.63) is 156 Å². The smallest absolute Gasteiger partial charge is 0.137 e. The number of nitrogens with one attached hydrogen (secondary N) is 1. The molecule has 4 aromatic rings. The van der Waals surface area contributed by atoms with Crippen molar-refractivity contribution in [2.75, 3.05) is 11.1 Å². The Balaban J connectivity index is 1.44. The van der Waals surface area contributed by atoms with E-state index in [9.17, 15) is 0 Å². The Morgan fingerprint density at radius 1 is 0.837 bits per heavy atom. The molecule has 0 spiro atoms. The molecule has 1 aromatic heterocycles. The lowest BCUT2D eigenvalue weighted by Crippen LogP contribution is -2.26. The number of anilines is 2. The van der Waals surface area contributed by atoms with Crippen LogP contribution >= 0.6 is 11.3 Å². The maximum absolute atomic E-state index is 6.95. The predicted octanol–water partition coefficient (Wildman–Crippen LogP) is 10.0. The highest BCUT2D eigenvalue weighted by atomic mass is 32.1. The second-order valence-electron chi connectivity index (χ2n) is 12.4. The van der Waals surface area contributed by atoms with Crippen LogP contribution < -0.4 is 21.5 Å². The van der Waals surface area contributed by atoms with Crippen LogP contribution in [-0.4, -0.2) is 15.2 Å². The molecule has 238 valence electrons. The summed E-state index contributed by atoms with van der Waals surface area (Å²) in [5.41, 5.74) is 15.9. The molecule has 4 nitrogen and oxygen atoms in total. The zero-order valence-corrected chi connectivity index (χ0v) is 28.0. The molecule has 1 unspecified atom stereocenters. The van der Waals surface area contributed by atoms with E-state index in [-0.39, 0.29) is 6.04 Å². The van der Waals surface area contributed by atoms with E-state index < -0.39 is 0 Å². The molecule has 4 heterocycles. The standard InChI is InChI=1S/C44H36N4S/c1-5-14-33(6-2)47-38-19-12-10-18-35(38)36-22-21-30(25-39(36)47)31-23-28(3)37-24-29(4)34-17-11-13-20-42(34)49-27-41(37)48-40(26-31)43(45)44(48)46-32-15-8-7-9-16-32/h5-15,17-27,32,46H,1-4,16,45H2/b31-23?,33-14+,37-24?,40-26?,41-27?. The topological polar surface area (TPSA) is 47.9 Å². The van der Waals surface area contributed by atoms with Crippen LogP contribution in [0.1, 0.15) is 6.42 Å². The van der Waals surface area contributed by atoms with Gasteiger partial charge in [-0.25, -0.2) is 0 Å². The van der Waals surface area contributed by atoms with E-state index in [1.54, 1.807) is 17.4 Å². The van der Waals surface area contributed by atoms with Crippen molar-refractivity contribution in [1.29, 1.82) is 0 Å². The van der Waals surface area contributed by atoms with Crippen molar-refractivity contribution in [3.63, 3.8) is 0 Å². The van der Waals surface area contributed by atoms with Crippen LogP contribution in [0.5, 0.6) is 0 Å². The van der Waals surface area contributed by atoms with Gasteiger partial charge in [0.1, 0.15) is 5.82 Å². The lowest BCUT2D eigenvalue weighted by Gasteiger charge is -2.31. The second kappa shape index (κ2) is 12.2. The molecule has 3 aliphatic heterocycles. The Morgan fingerprint density at radius 3 is 2.43 bits per heavy atom. The van der Waals surface area contributed by atoms with E-state index >= 15 is 0 Å². The molecule has 1 aliphatic carbocycles. The van der Waals surface area contributed by atoms with Gasteiger partial charge in [0.05, 0.1) is 28.1 Å². The van der Waals surface area contributed by atoms with E-state index in [2.05, 4.69) is 155 Å². The van der Waals surface area contributed by atoms with Crippen LogP contribution in [0.3, 0.4) is 0 Å². The summed E-state index contributed by atoms with van der Waals surface area (Å²) >= 11 is 1.70. The number of hydrogen-bond acceptors (Lipinski definition) is 3. The second-order valence-corrected chi connectivity index (χ2v) is 13.3. The largest absolute Gasteiger partial charge is 0.394 e. The zero-order chi connectivity index (χ0) is 33.6. The molecule has 1 atom stereocenters. The van der Waals surface area contributed by atoms with Crippen molar-refractivity contribution in [2.24, 2.45) is 0 Å². The molecular formula is C44H36N4S. The first kappa shape index (κ1) is 30.3. The minimum absolute atomic E-state index is 0.140. The van der Waals surface area contributed by atoms with Crippen LogP contribution in [0.25, 0.3) is 78.8 Å². The van der Waals surface area contributed by atoms with E-state index in [0.717, 1.165) is 83.3 Å². The number of para-hydroxylation sites is 1. The van der Waals surface area contributed by atoms with Gasteiger partial charge in [0.15, 0.2) is 0 Å². The number of rotatable bonds is 6. The van der Waals surface area contributed by atoms with Crippen LogP contribution in [0, 0.1) is 0 Å². The highest BCUT2D eigenvalue weighted by Crippen LogP contribution is 2.43. The number of nitrogens with two attached hydrogens (primary N) is 1. The molecule has 0 bridgehead atoms. The Hall–Kier alpha value is -6.04. The molecule has 49 heavy (non-hydrogen) atoms. The third kappa shape index (κ3) is 5.07. The zero-order valence-electron chi connectivity index (χ0n) is 27.2. The number of aromatic nitrogens is 2. The van der Waals surface area contributed by atoms with Crippen molar-refractivity contribution in [1.82, 2.24) is 9.13 Å². The van der Waals surface area contributed by atoms with Crippen LogP contribution in [0.4, 0.5) is 11.5 Å². The van der Waals surface area contributed by atoms with Gasteiger partial charge >= 0.3 is 0 Å². The lowest BCUT2D eigenvalue weighted by molar-refractivity contribution is 0.852.